The van der Waals surface area contributed by atoms with E-state index in [1.807, 2.05) is 0 Å². The van der Waals surface area contributed by atoms with Crippen molar-refractivity contribution in [1.82, 2.24) is 14.9 Å². The average molecular weight is 205 g/mol. The van der Waals surface area contributed by atoms with E-state index in [1.165, 1.54) is 4.90 Å². The van der Waals surface area contributed by atoms with E-state index in [1.54, 1.807) is 26.2 Å². The van der Waals surface area contributed by atoms with E-state index in [2.05, 4.69) is 9.97 Å². The quantitative estimate of drug-likeness (QED) is 0.719. The summed E-state index contributed by atoms with van der Waals surface area (Å²) in [5.41, 5.74) is 1.04. The van der Waals surface area contributed by atoms with Gasteiger partial charge in [0.05, 0.1) is 6.54 Å². The van der Waals surface area contributed by atoms with Crippen molar-refractivity contribution >= 4 is 11.8 Å². The van der Waals surface area contributed by atoms with Crippen LogP contribution in [0.3, 0.4) is 0 Å². The Hall–Kier alpha value is -1.91. The first-order chi connectivity index (χ1) is 7.11. The second-order valence-electron chi connectivity index (χ2n) is 3.48. The Balaban J connectivity index is 2.21. The van der Waals surface area contributed by atoms with Gasteiger partial charge in [0.15, 0.2) is 0 Å². The molecule has 0 aliphatic carbocycles. The number of imide groups is 1. The second kappa shape index (κ2) is 3.34. The van der Waals surface area contributed by atoms with Gasteiger partial charge in [-0.25, -0.2) is 4.98 Å². The SMILES string of the molecule is CC1=C(C)C(=O)N(Cc2ncc[nH]2)C1=O. The predicted molar refractivity (Wildman–Crippen MR) is 52.5 cm³/mol. The first kappa shape index (κ1) is 9.64. The molecule has 1 N–H and O–H groups in total. The molecule has 1 aromatic rings. The lowest BCUT2D eigenvalue weighted by molar-refractivity contribution is -0.138. The summed E-state index contributed by atoms with van der Waals surface area (Å²) in [4.78, 5) is 31.4. The molecule has 0 aromatic carbocycles. The number of hydrogen-bond donors (Lipinski definition) is 1. The van der Waals surface area contributed by atoms with Crippen LogP contribution in [0.25, 0.3) is 0 Å². The summed E-state index contributed by atoms with van der Waals surface area (Å²) in [7, 11) is 0. The van der Waals surface area contributed by atoms with Crippen LogP contribution in [-0.2, 0) is 16.1 Å². The van der Waals surface area contributed by atoms with Gasteiger partial charge in [0, 0.05) is 23.5 Å². The summed E-state index contributed by atoms with van der Waals surface area (Å²) in [6.07, 6.45) is 3.25. The maximum Gasteiger partial charge on any atom is 0.257 e. The molecule has 0 bridgehead atoms. The van der Waals surface area contributed by atoms with Crippen LogP contribution in [0.4, 0.5) is 0 Å². The van der Waals surface area contributed by atoms with Crippen molar-refractivity contribution in [2.75, 3.05) is 0 Å². The number of aromatic amines is 1. The average Bonchev–Trinajstić information content (AvgIpc) is 2.79. The predicted octanol–water partition coefficient (Wildman–Crippen LogP) is 0.615. The van der Waals surface area contributed by atoms with Gasteiger partial charge in [-0.3, -0.25) is 14.5 Å². The molecule has 0 atom stereocenters. The third-order valence-electron chi connectivity index (χ3n) is 2.56. The lowest BCUT2D eigenvalue weighted by atomic mass is 10.2. The van der Waals surface area contributed by atoms with Crippen LogP contribution in [0.15, 0.2) is 23.5 Å². The Labute approximate surface area is 86.8 Å². The van der Waals surface area contributed by atoms with Crippen LogP contribution < -0.4 is 0 Å². The number of amides is 2. The van der Waals surface area contributed by atoms with E-state index >= 15 is 0 Å². The smallest absolute Gasteiger partial charge is 0.257 e. The van der Waals surface area contributed by atoms with Gasteiger partial charge in [-0.2, -0.15) is 0 Å². The number of carbonyl (C=O) groups is 2. The molecule has 2 rings (SSSR count). The molecule has 1 aliphatic heterocycles. The highest BCUT2D eigenvalue weighted by Crippen LogP contribution is 2.20. The van der Waals surface area contributed by atoms with Crippen LogP contribution in [0, 0.1) is 0 Å². The van der Waals surface area contributed by atoms with Crippen LogP contribution in [0.1, 0.15) is 19.7 Å². The zero-order valence-corrected chi connectivity index (χ0v) is 8.57. The molecule has 1 aliphatic rings. The molecule has 2 amide bonds. The minimum atomic E-state index is -0.228. The number of aromatic nitrogens is 2. The van der Waals surface area contributed by atoms with Crippen molar-refractivity contribution in [3.8, 4) is 0 Å². The van der Waals surface area contributed by atoms with Crippen molar-refractivity contribution in [1.29, 1.82) is 0 Å². The number of rotatable bonds is 2. The van der Waals surface area contributed by atoms with Gasteiger partial charge in [-0.1, -0.05) is 0 Å². The first-order valence-corrected chi connectivity index (χ1v) is 4.63. The number of H-pyrrole nitrogens is 1. The fourth-order valence-electron chi connectivity index (χ4n) is 1.50. The second-order valence-corrected chi connectivity index (χ2v) is 3.48. The lowest BCUT2D eigenvalue weighted by Gasteiger charge is -2.12. The molecule has 0 radical (unpaired) electrons. The molecule has 0 saturated carbocycles. The van der Waals surface area contributed by atoms with E-state index in [4.69, 9.17) is 0 Å². The van der Waals surface area contributed by atoms with Crippen LogP contribution in [0.2, 0.25) is 0 Å². The van der Waals surface area contributed by atoms with E-state index in [0.29, 0.717) is 17.0 Å². The van der Waals surface area contributed by atoms with E-state index in [0.717, 1.165) is 0 Å². The Morgan fingerprint density at radius 1 is 1.27 bits per heavy atom. The fraction of sp³-hybridized carbons (Fsp3) is 0.300. The largest absolute Gasteiger partial charge is 0.347 e. The Morgan fingerprint density at radius 2 is 1.87 bits per heavy atom. The summed E-state index contributed by atoms with van der Waals surface area (Å²) in [5, 5.41) is 0. The molecule has 0 saturated heterocycles. The fourth-order valence-corrected chi connectivity index (χ4v) is 1.50. The van der Waals surface area contributed by atoms with Gasteiger partial charge in [-0.05, 0) is 13.8 Å². The molecule has 0 fully saturated rings. The summed E-state index contributed by atoms with van der Waals surface area (Å²) in [6, 6.07) is 0. The summed E-state index contributed by atoms with van der Waals surface area (Å²) in [5.74, 6) is 0.155. The van der Waals surface area contributed by atoms with Crippen molar-refractivity contribution in [2.45, 2.75) is 20.4 Å². The number of carbonyl (C=O) groups excluding carboxylic acids is 2. The zero-order valence-electron chi connectivity index (χ0n) is 8.57. The van der Waals surface area contributed by atoms with Crippen LogP contribution in [0.5, 0.6) is 0 Å². The maximum atomic E-state index is 11.7. The van der Waals surface area contributed by atoms with Gasteiger partial charge in [0.25, 0.3) is 11.8 Å². The standard InChI is InChI=1S/C10H11N3O2/c1-6-7(2)10(15)13(9(6)14)5-8-11-3-4-12-8/h3-4H,5H2,1-2H3,(H,11,12). The minimum Gasteiger partial charge on any atom is -0.347 e. The van der Waals surface area contributed by atoms with E-state index in [-0.39, 0.29) is 18.4 Å². The number of nitrogens with one attached hydrogen (secondary N) is 1. The topological polar surface area (TPSA) is 66.1 Å². The normalized spacial score (nSPS) is 16.8. The summed E-state index contributed by atoms with van der Waals surface area (Å²) < 4.78 is 0. The van der Waals surface area contributed by atoms with Crippen molar-refractivity contribution in [3.05, 3.63) is 29.4 Å². The number of imidazole rings is 1. The summed E-state index contributed by atoms with van der Waals surface area (Å²) in [6.45, 7) is 3.54. The zero-order chi connectivity index (χ0) is 11.0. The molecule has 0 unspecified atom stereocenters. The van der Waals surface area contributed by atoms with Gasteiger partial charge in [0.2, 0.25) is 0 Å². The Morgan fingerprint density at radius 3 is 2.33 bits per heavy atom. The highest BCUT2D eigenvalue weighted by Gasteiger charge is 2.33. The molecule has 2 heterocycles. The third kappa shape index (κ3) is 1.45. The van der Waals surface area contributed by atoms with Gasteiger partial charge in [-0.15, -0.1) is 0 Å². The highest BCUT2D eigenvalue weighted by atomic mass is 16.2. The molecule has 1 aromatic heterocycles. The molecular formula is C10H11N3O2. The third-order valence-corrected chi connectivity index (χ3v) is 2.56. The number of hydrogen-bond acceptors (Lipinski definition) is 3. The molecule has 0 spiro atoms. The minimum absolute atomic E-state index is 0.208. The summed E-state index contributed by atoms with van der Waals surface area (Å²) >= 11 is 0. The molecular weight excluding hydrogens is 194 g/mol. The Bertz CT molecular complexity index is 421. The van der Waals surface area contributed by atoms with Gasteiger partial charge >= 0.3 is 0 Å². The lowest BCUT2D eigenvalue weighted by Crippen LogP contribution is -2.31. The van der Waals surface area contributed by atoms with Crippen LogP contribution >= 0.6 is 0 Å². The monoisotopic (exact) mass is 205 g/mol. The molecule has 78 valence electrons. The first-order valence-electron chi connectivity index (χ1n) is 4.63. The van der Waals surface area contributed by atoms with Gasteiger partial charge in [0.1, 0.15) is 5.82 Å². The van der Waals surface area contributed by atoms with E-state index < -0.39 is 0 Å². The molecule has 5 heteroatoms. The van der Waals surface area contributed by atoms with Crippen molar-refractivity contribution < 1.29 is 9.59 Å². The van der Waals surface area contributed by atoms with Gasteiger partial charge < -0.3 is 4.98 Å². The molecule has 5 nitrogen and oxygen atoms in total. The van der Waals surface area contributed by atoms with Crippen molar-refractivity contribution in [2.24, 2.45) is 0 Å². The highest BCUT2D eigenvalue weighted by molar-refractivity contribution is 6.18. The van der Waals surface area contributed by atoms with Crippen molar-refractivity contribution in [3.63, 3.8) is 0 Å². The number of nitrogens with zero attached hydrogens (tertiary/aromatic N) is 2. The molecule has 15 heavy (non-hydrogen) atoms. The van der Waals surface area contributed by atoms with E-state index in [9.17, 15) is 9.59 Å². The maximum absolute atomic E-state index is 11.7. The van der Waals surface area contributed by atoms with Crippen LogP contribution in [-0.4, -0.2) is 26.7 Å². The Kier molecular flexibility index (Phi) is 2.15.